The molecule has 4 heavy (non-hydrogen) atoms. The molecule has 0 saturated heterocycles. The van der Waals surface area contributed by atoms with Crippen LogP contribution in [0.4, 0.5) is 0 Å². The summed E-state index contributed by atoms with van der Waals surface area (Å²) in [7, 11) is 0. The van der Waals surface area contributed by atoms with E-state index in [-0.39, 0.29) is 84.3 Å². The standard InChI is InChI=1S/2Ag.Mg.Ni.2H. The molecule has 0 nitrogen and oxygen atoms in total. The van der Waals surface area contributed by atoms with Crippen LogP contribution in [-0.2, 0) is 61.3 Å². The predicted molar refractivity (Wildman–Crippen MR) is 8.54 cm³/mol. The Morgan fingerprint density at radius 3 is 0.750 bits per heavy atom. The summed E-state index contributed by atoms with van der Waals surface area (Å²) in [4.78, 5) is 0. The minimum Gasteiger partial charge on any atom is 0 e. The quantitative estimate of drug-likeness (QED) is 0.508. The van der Waals surface area contributed by atoms with E-state index in [2.05, 4.69) is 0 Å². The Bertz CT molecular complexity index is 6.00. The normalized spacial score (nSPS) is 0. The molecule has 0 amide bonds. The maximum atomic E-state index is 0. The van der Waals surface area contributed by atoms with Crippen molar-refractivity contribution in [1.29, 1.82) is 0 Å². The topological polar surface area (TPSA) is 0 Å². The van der Waals surface area contributed by atoms with E-state index in [0.717, 1.165) is 0 Å². The van der Waals surface area contributed by atoms with E-state index < -0.39 is 0 Å². The van der Waals surface area contributed by atoms with Gasteiger partial charge in [-0.3, -0.25) is 0 Å². The molecule has 0 saturated carbocycles. The first kappa shape index (κ1) is 29.6. The molecule has 0 spiro atoms. The van der Waals surface area contributed by atoms with Gasteiger partial charge in [0, 0.05) is 61.3 Å². The van der Waals surface area contributed by atoms with E-state index >= 15 is 0 Å². The third-order valence-electron chi connectivity index (χ3n) is 0. The van der Waals surface area contributed by atoms with Crippen LogP contribution in [0.2, 0.25) is 0 Å². The number of hydrogen-bond donors (Lipinski definition) is 0. The maximum Gasteiger partial charge on any atom is 0.316 e. The Labute approximate surface area is 83.0 Å². The maximum absolute atomic E-state index is 0. The summed E-state index contributed by atoms with van der Waals surface area (Å²) < 4.78 is 0. The van der Waals surface area contributed by atoms with E-state index in [1.165, 1.54) is 0 Å². The fourth-order valence-electron chi connectivity index (χ4n) is 0. The predicted octanol–water partition coefficient (Wildman–Crippen LogP) is -0.924. The zero-order valence-electron chi connectivity index (χ0n) is 0.919. The first-order valence-corrected chi connectivity index (χ1v) is 0. The molecule has 0 fully saturated rings. The largest absolute Gasteiger partial charge is 0.316 e. The smallest absolute Gasteiger partial charge is 0 e. The van der Waals surface area contributed by atoms with Crippen molar-refractivity contribution in [3.8, 4) is 0 Å². The molecule has 0 aromatic carbocycles. The van der Waals surface area contributed by atoms with Crippen molar-refractivity contribution in [3.05, 3.63) is 0 Å². The first-order valence-electron chi connectivity index (χ1n) is 0. The fourth-order valence-corrected chi connectivity index (χ4v) is 0. The molecule has 4 heteroatoms. The van der Waals surface area contributed by atoms with Gasteiger partial charge in [0.15, 0.2) is 0 Å². The van der Waals surface area contributed by atoms with E-state index in [1.54, 1.807) is 0 Å². The van der Waals surface area contributed by atoms with Gasteiger partial charge in [-0.2, -0.15) is 0 Å². The Balaban J connectivity index is 0. The average Bonchev–Trinajstić information content (AvgIpc) is 0. The van der Waals surface area contributed by atoms with Gasteiger partial charge in [0.2, 0.25) is 0 Å². The van der Waals surface area contributed by atoms with Gasteiger partial charge >= 0.3 is 23.1 Å². The SMILES string of the molecule is [Ag].[Ag].[MgH2].[Ni]. The van der Waals surface area contributed by atoms with Crippen molar-refractivity contribution in [2.45, 2.75) is 0 Å². The van der Waals surface area contributed by atoms with Crippen LogP contribution in [0.5, 0.6) is 0 Å². The zero-order valence-corrected chi connectivity index (χ0v) is 4.87. The number of rotatable bonds is 0. The summed E-state index contributed by atoms with van der Waals surface area (Å²) in [6.45, 7) is 0. The van der Waals surface area contributed by atoms with Crippen LogP contribution in [0, 0.1) is 0 Å². The molecular formula is H2Ag2MgNi. The molecule has 0 bridgehead atoms. The minimum atomic E-state index is 0. The van der Waals surface area contributed by atoms with E-state index in [9.17, 15) is 0 Å². The second-order valence-electron chi connectivity index (χ2n) is 0. The zero-order chi connectivity index (χ0) is 0. The summed E-state index contributed by atoms with van der Waals surface area (Å²) in [6.07, 6.45) is 0. The minimum absolute atomic E-state index is 0. The van der Waals surface area contributed by atoms with Crippen molar-refractivity contribution >= 4 is 23.1 Å². The molecule has 0 aliphatic rings. The van der Waals surface area contributed by atoms with E-state index in [1.807, 2.05) is 0 Å². The van der Waals surface area contributed by atoms with Crippen LogP contribution in [0.15, 0.2) is 0 Å². The molecule has 0 unspecified atom stereocenters. The average molecular weight is 301 g/mol. The van der Waals surface area contributed by atoms with Gasteiger partial charge in [-0.15, -0.1) is 0 Å². The summed E-state index contributed by atoms with van der Waals surface area (Å²) in [5.74, 6) is 0. The van der Waals surface area contributed by atoms with Gasteiger partial charge in [0.05, 0.1) is 0 Å². The molecule has 0 aliphatic heterocycles. The van der Waals surface area contributed by atoms with Gasteiger partial charge in [-0.25, -0.2) is 0 Å². The third kappa shape index (κ3) is 8.83. The fraction of sp³-hybridized carbons (Fsp3) is 0. The van der Waals surface area contributed by atoms with Gasteiger partial charge in [0.1, 0.15) is 0 Å². The molecule has 0 heterocycles. The van der Waals surface area contributed by atoms with Crippen LogP contribution in [-0.4, -0.2) is 23.1 Å². The molecule has 0 aromatic heterocycles. The third-order valence-corrected chi connectivity index (χ3v) is 0. The summed E-state index contributed by atoms with van der Waals surface area (Å²) >= 11 is 0. The van der Waals surface area contributed by atoms with Crippen molar-refractivity contribution in [3.63, 3.8) is 0 Å². The Morgan fingerprint density at radius 1 is 0.750 bits per heavy atom. The van der Waals surface area contributed by atoms with E-state index in [0.29, 0.717) is 0 Å². The van der Waals surface area contributed by atoms with Crippen LogP contribution in [0.3, 0.4) is 0 Å². The Morgan fingerprint density at radius 2 is 0.750 bits per heavy atom. The Kier molecular flexibility index (Phi) is 127. The summed E-state index contributed by atoms with van der Waals surface area (Å²) in [6, 6.07) is 0. The van der Waals surface area contributed by atoms with Gasteiger partial charge < -0.3 is 0 Å². The molecular weight excluding hydrogens is 299 g/mol. The van der Waals surface area contributed by atoms with E-state index in [4.69, 9.17) is 0 Å². The molecule has 0 N–H and O–H groups in total. The molecule has 36 valence electrons. The summed E-state index contributed by atoms with van der Waals surface area (Å²) in [5.41, 5.74) is 0. The van der Waals surface area contributed by atoms with Crippen LogP contribution in [0.25, 0.3) is 0 Å². The van der Waals surface area contributed by atoms with Crippen molar-refractivity contribution in [1.82, 2.24) is 0 Å². The first-order chi connectivity index (χ1) is 0. The van der Waals surface area contributed by atoms with Crippen molar-refractivity contribution < 1.29 is 61.3 Å². The number of hydrogen-bond acceptors (Lipinski definition) is 0. The molecule has 0 rings (SSSR count). The van der Waals surface area contributed by atoms with Gasteiger partial charge in [-0.05, 0) is 0 Å². The Hall–Kier alpha value is 2.74. The monoisotopic (exact) mass is 298 g/mol. The van der Waals surface area contributed by atoms with Gasteiger partial charge in [0.25, 0.3) is 0 Å². The van der Waals surface area contributed by atoms with Crippen LogP contribution < -0.4 is 0 Å². The second-order valence-corrected chi connectivity index (χ2v) is 0. The van der Waals surface area contributed by atoms with Crippen LogP contribution >= 0.6 is 0 Å². The van der Waals surface area contributed by atoms with Gasteiger partial charge in [-0.1, -0.05) is 0 Å². The molecule has 0 aromatic rings. The second kappa shape index (κ2) is 17.2. The molecule has 0 atom stereocenters. The van der Waals surface area contributed by atoms with Crippen LogP contribution in [0.1, 0.15) is 0 Å². The van der Waals surface area contributed by atoms with Crippen molar-refractivity contribution in [2.75, 3.05) is 0 Å². The van der Waals surface area contributed by atoms with Crippen molar-refractivity contribution in [2.24, 2.45) is 0 Å². The summed E-state index contributed by atoms with van der Waals surface area (Å²) in [5, 5.41) is 0. The molecule has 2 radical (unpaired) electrons. The molecule has 0 aliphatic carbocycles.